The molecule has 1 atom stereocenters. The van der Waals surface area contributed by atoms with Gasteiger partial charge in [0.1, 0.15) is 12.4 Å². The van der Waals surface area contributed by atoms with Crippen molar-refractivity contribution in [3.05, 3.63) is 38.3 Å². The fraction of sp³-hybridized carbons (Fsp3) is 0.471. The van der Waals surface area contributed by atoms with E-state index >= 15 is 0 Å². The summed E-state index contributed by atoms with van der Waals surface area (Å²) in [5.41, 5.74) is 2.63. The summed E-state index contributed by atoms with van der Waals surface area (Å²) in [4.78, 5) is 11.8. The van der Waals surface area contributed by atoms with E-state index in [0.29, 0.717) is 5.88 Å². The summed E-state index contributed by atoms with van der Waals surface area (Å²) in [6.45, 7) is 5.16. The largest absolute Gasteiger partial charge is 0.307 e. The van der Waals surface area contributed by atoms with Gasteiger partial charge in [0, 0.05) is 22.4 Å². The number of rotatable bonds is 6. The molecule has 0 fully saturated rings. The highest BCUT2D eigenvalue weighted by Crippen LogP contribution is 2.38. The van der Waals surface area contributed by atoms with E-state index in [1.54, 1.807) is 4.68 Å². The van der Waals surface area contributed by atoms with Gasteiger partial charge in [-0.25, -0.2) is 0 Å². The Kier molecular flexibility index (Phi) is 5.00. The zero-order valence-electron chi connectivity index (χ0n) is 15.2. The Balaban J connectivity index is 1.56. The molecule has 3 heterocycles. The lowest BCUT2D eigenvalue weighted by molar-refractivity contribution is -0.385. The van der Waals surface area contributed by atoms with Gasteiger partial charge in [-0.1, -0.05) is 18.7 Å². The standard InChI is InChI=1S/C17H20N6O2S2/c1-3-22-16(14-9-26-15-6-11(2)4-5-13(14)15)19-20-17(22)27-10-21-8-12(7-18-21)23(24)25/h7-9,11H,3-6,10H2,1-2H3. The number of hydrogen-bond donors (Lipinski definition) is 0. The first-order valence-corrected chi connectivity index (χ1v) is 10.8. The number of thioether (sulfide) groups is 1. The van der Waals surface area contributed by atoms with E-state index in [0.717, 1.165) is 36.3 Å². The summed E-state index contributed by atoms with van der Waals surface area (Å²) in [6, 6.07) is 0. The Morgan fingerprint density at radius 1 is 1.44 bits per heavy atom. The second-order valence-electron chi connectivity index (χ2n) is 6.72. The highest BCUT2D eigenvalue weighted by molar-refractivity contribution is 7.98. The van der Waals surface area contributed by atoms with E-state index in [1.165, 1.54) is 46.6 Å². The predicted molar refractivity (Wildman–Crippen MR) is 105 cm³/mol. The average Bonchev–Trinajstić information content (AvgIpc) is 3.36. The molecule has 0 N–H and O–H groups in total. The minimum Gasteiger partial charge on any atom is -0.302 e. The van der Waals surface area contributed by atoms with Crippen molar-refractivity contribution in [1.82, 2.24) is 24.5 Å². The molecule has 142 valence electrons. The minimum atomic E-state index is -0.443. The van der Waals surface area contributed by atoms with E-state index in [4.69, 9.17) is 0 Å². The molecule has 1 aliphatic carbocycles. The Hall–Kier alpha value is -2.20. The molecule has 0 aromatic carbocycles. The van der Waals surface area contributed by atoms with E-state index in [1.807, 2.05) is 11.3 Å². The zero-order valence-corrected chi connectivity index (χ0v) is 16.8. The van der Waals surface area contributed by atoms with Gasteiger partial charge in [-0.2, -0.15) is 5.10 Å². The lowest BCUT2D eigenvalue weighted by Gasteiger charge is -2.19. The first-order chi connectivity index (χ1) is 13.1. The molecule has 0 radical (unpaired) electrons. The summed E-state index contributed by atoms with van der Waals surface area (Å²) in [5, 5.41) is 26.7. The molecule has 27 heavy (non-hydrogen) atoms. The van der Waals surface area contributed by atoms with Crippen LogP contribution >= 0.6 is 23.1 Å². The normalized spacial score (nSPS) is 16.4. The first kappa shape index (κ1) is 18.2. The van der Waals surface area contributed by atoms with Gasteiger partial charge in [0.05, 0.1) is 10.8 Å². The summed E-state index contributed by atoms with van der Waals surface area (Å²) in [7, 11) is 0. The lowest BCUT2D eigenvalue weighted by Crippen LogP contribution is -2.10. The van der Waals surface area contributed by atoms with Crippen LogP contribution in [-0.4, -0.2) is 29.5 Å². The number of aromatic nitrogens is 5. The zero-order chi connectivity index (χ0) is 19.0. The van der Waals surface area contributed by atoms with Crippen LogP contribution in [0.2, 0.25) is 0 Å². The van der Waals surface area contributed by atoms with Crippen LogP contribution < -0.4 is 0 Å². The second kappa shape index (κ2) is 7.43. The van der Waals surface area contributed by atoms with Crippen LogP contribution in [0.1, 0.15) is 30.7 Å². The van der Waals surface area contributed by atoms with Gasteiger partial charge in [-0.3, -0.25) is 14.8 Å². The monoisotopic (exact) mass is 404 g/mol. The molecule has 8 nitrogen and oxygen atoms in total. The van der Waals surface area contributed by atoms with Crippen molar-refractivity contribution in [3.63, 3.8) is 0 Å². The molecule has 3 aromatic rings. The molecular formula is C17H20N6O2S2. The molecule has 0 saturated heterocycles. The van der Waals surface area contributed by atoms with Gasteiger partial charge in [0.15, 0.2) is 11.0 Å². The summed E-state index contributed by atoms with van der Waals surface area (Å²) in [5.74, 6) is 2.11. The van der Waals surface area contributed by atoms with E-state index in [2.05, 4.69) is 39.1 Å². The highest BCUT2D eigenvalue weighted by Gasteiger charge is 2.24. The number of thiophene rings is 1. The third kappa shape index (κ3) is 3.51. The van der Waals surface area contributed by atoms with Crippen molar-refractivity contribution < 1.29 is 4.92 Å². The Morgan fingerprint density at radius 2 is 2.30 bits per heavy atom. The van der Waals surface area contributed by atoms with Crippen LogP contribution in [0.5, 0.6) is 0 Å². The molecule has 0 bridgehead atoms. The molecule has 0 spiro atoms. The van der Waals surface area contributed by atoms with E-state index in [-0.39, 0.29) is 5.69 Å². The van der Waals surface area contributed by atoms with Crippen molar-refractivity contribution in [2.75, 3.05) is 0 Å². The summed E-state index contributed by atoms with van der Waals surface area (Å²) < 4.78 is 3.66. The van der Waals surface area contributed by atoms with Crippen LogP contribution in [0.4, 0.5) is 5.69 Å². The smallest absolute Gasteiger partial charge is 0.302 e. The van der Waals surface area contributed by atoms with E-state index in [9.17, 15) is 10.1 Å². The maximum Gasteiger partial charge on any atom is 0.307 e. The van der Waals surface area contributed by atoms with Crippen molar-refractivity contribution in [3.8, 4) is 11.4 Å². The van der Waals surface area contributed by atoms with Crippen LogP contribution in [0.25, 0.3) is 11.4 Å². The van der Waals surface area contributed by atoms with E-state index < -0.39 is 4.92 Å². The van der Waals surface area contributed by atoms with Gasteiger partial charge in [-0.15, -0.1) is 21.5 Å². The van der Waals surface area contributed by atoms with Gasteiger partial charge >= 0.3 is 5.69 Å². The summed E-state index contributed by atoms with van der Waals surface area (Å²) in [6.07, 6.45) is 6.16. The second-order valence-corrected chi connectivity index (χ2v) is 8.59. The number of hydrogen-bond acceptors (Lipinski definition) is 7. The van der Waals surface area contributed by atoms with Crippen molar-refractivity contribution in [2.24, 2.45) is 5.92 Å². The molecule has 0 saturated carbocycles. The molecule has 0 aliphatic heterocycles. The number of fused-ring (bicyclic) bond motifs is 1. The third-order valence-electron chi connectivity index (χ3n) is 4.83. The van der Waals surface area contributed by atoms with Crippen LogP contribution in [0.15, 0.2) is 22.9 Å². The topological polar surface area (TPSA) is 91.7 Å². The molecule has 4 rings (SSSR count). The maximum absolute atomic E-state index is 10.8. The molecule has 10 heteroatoms. The molecule has 1 unspecified atom stereocenters. The Labute approximate surface area is 164 Å². The van der Waals surface area contributed by atoms with Gasteiger partial charge in [0.2, 0.25) is 0 Å². The average molecular weight is 405 g/mol. The van der Waals surface area contributed by atoms with Crippen molar-refractivity contribution in [1.29, 1.82) is 0 Å². The van der Waals surface area contributed by atoms with Crippen LogP contribution in [0.3, 0.4) is 0 Å². The molecule has 3 aromatic heterocycles. The third-order valence-corrected chi connectivity index (χ3v) is 6.84. The molecular weight excluding hydrogens is 384 g/mol. The van der Waals surface area contributed by atoms with Crippen molar-refractivity contribution in [2.45, 2.75) is 50.7 Å². The fourth-order valence-electron chi connectivity index (χ4n) is 3.39. The molecule has 0 amide bonds. The Morgan fingerprint density at radius 3 is 3.04 bits per heavy atom. The predicted octanol–water partition coefficient (Wildman–Crippen LogP) is 4.01. The number of nitrogens with zero attached hydrogens (tertiary/aromatic N) is 6. The van der Waals surface area contributed by atoms with Crippen molar-refractivity contribution >= 4 is 28.8 Å². The summed E-state index contributed by atoms with van der Waals surface area (Å²) >= 11 is 3.31. The molecule has 1 aliphatic rings. The first-order valence-electron chi connectivity index (χ1n) is 8.89. The fourth-order valence-corrected chi connectivity index (χ4v) is 5.49. The van der Waals surface area contributed by atoms with Crippen LogP contribution in [-0.2, 0) is 25.3 Å². The maximum atomic E-state index is 10.8. The number of nitro groups is 1. The quantitative estimate of drug-likeness (QED) is 0.350. The van der Waals surface area contributed by atoms with Gasteiger partial charge in [-0.05, 0) is 37.7 Å². The lowest BCUT2D eigenvalue weighted by atomic mass is 9.88. The minimum absolute atomic E-state index is 0.00706. The highest BCUT2D eigenvalue weighted by atomic mass is 32.2. The van der Waals surface area contributed by atoms with Gasteiger partial charge in [0.25, 0.3) is 0 Å². The van der Waals surface area contributed by atoms with Gasteiger partial charge < -0.3 is 4.57 Å². The SMILES string of the molecule is CCn1c(SCn2cc([N+](=O)[O-])cn2)nnc1-c1csc2c1CCC(C)C2. The Bertz CT molecular complexity index is 976. The van der Waals surface area contributed by atoms with Crippen LogP contribution in [0, 0.1) is 16.0 Å².